The molecule has 194 valence electrons. The Morgan fingerprint density at radius 2 is 1.28 bits per heavy atom. The van der Waals surface area contributed by atoms with E-state index in [2.05, 4.69) is 5.32 Å². The van der Waals surface area contributed by atoms with Crippen LogP contribution in [0.4, 0.5) is 4.79 Å². The second kappa shape index (κ2) is 10.9. The van der Waals surface area contributed by atoms with E-state index in [0.29, 0.717) is 6.42 Å². The van der Waals surface area contributed by atoms with Crippen LogP contribution in [0.25, 0.3) is 0 Å². The number of ether oxygens (including phenoxy) is 2. The van der Waals surface area contributed by atoms with Gasteiger partial charge in [-0.25, -0.2) is 9.59 Å². The predicted octanol–water partition coefficient (Wildman–Crippen LogP) is 6.32. The highest BCUT2D eigenvalue weighted by molar-refractivity contribution is 6.13. The van der Waals surface area contributed by atoms with Gasteiger partial charge in [0.2, 0.25) is 0 Å². The summed E-state index contributed by atoms with van der Waals surface area (Å²) in [5, 5.41) is 2.94. The minimum Gasteiger partial charge on any atom is -0.458 e. The molecule has 0 radical (unpaired) electrons. The van der Waals surface area contributed by atoms with Crippen molar-refractivity contribution in [3.8, 4) is 0 Å². The zero-order valence-corrected chi connectivity index (χ0v) is 22.6. The van der Waals surface area contributed by atoms with Gasteiger partial charge in [0.15, 0.2) is 5.54 Å². The molecule has 6 heteroatoms. The minimum atomic E-state index is -1.09. The molecule has 3 rings (SSSR count). The highest BCUT2D eigenvalue weighted by Crippen LogP contribution is 2.38. The van der Waals surface area contributed by atoms with Crippen LogP contribution in [0, 0.1) is 5.92 Å². The van der Waals surface area contributed by atoms with Crippen LogP contribution in [0.2, 0.25) is 0 Å². The molecule has 1 amide bonds. The van der Waals surface area contributed by atoms with Crippen molar-refractivity contribution in [3.63, 3.8) is 0 Å². The molecule has 1 aliphatic carbocycles. The van der Waals surface area contributed by atoms with Crippen molar-refractivity contribution in [2.75, 3.05) is 0 Å². The zero-order chi connectivity index (χ0) is 26.6. The first-order chi connectivity index (χ1) is 16.7. The van der Waals surface area contributed by atoms with Crippen molar-refractivity contribution < 1.29 is 19.1 Å². The fourth-order valence-electron chi connectivity index (χ4n) is 4.35. The number of alkyl carbamates (subject to hydrolysis) is 1. The van der Waals surface area contributed by atoms with Gasteiger partial charge >= 0.3 is 12.1 Å². The van der Waals surface area contributed by atoms with Gasteiger partial charge in [0.25, 0.3) is 0 Å². The normalized spacial score (nSPS) is 19.3. The molecular weight excluding hydrogens is 452 g/mol. The molecule has 0 bridgehead atoms. The molecule has 0 spiro atoms. The van der Waals surface area contributed by atoms with Crippen molar-refractivity contribution in [1.82, 2.24) is 5.32 Å². The number of nitrogens with zero attached hydrogens (tertiary/aromatic N) is 1. The Hall–Kier alpha value is -3.15. The predicted molar refractivity (Wildman–Crippen MR) is 143 cm³/mol. The number of rotatable bonds is 7. The maximum atomic E-state index is 13.6. The Balaban J connectivity index is 1.86. The van der Waals surface area contributed by atoms with Crippen molar-refractivity contribution in [1.29, 1.82) is 0 Å². The number of aliphatic imine (C=N–C) groups is 1. The molecule has 0 saturated heterocycles. The Kier molecular flexibility index (Phi) is 8.27. The first-order valence-electron chi connectivity index (χ1n) is 12.7. The molecule has 0 heterocycles. The largest absolute Gasteiger partial charge is 0.458 e. The van der Waals surface area contributed by atoms with Gasteiger partial charge in [-0.1, -0.05) is 60.7 Å². The highest BCUT2D eigenvalue weighted by Gasteiger charge is 2.43. The zero-order valence-electron chi connectivity index (χ0n) is 22.6. The second-order valence-corrected chi connectivity index (χ2v) is 11.9. The van der Waals surface area contributed by atoms with Gasteiger partial charge in [0, 0.05) is 17.2 Å². The summed E-state index contributed by atoms with van der Waals surface area (Å²) in [6.45, 7) is 13.0. The van der Waals surface area contributed by atoms with Crippen molar-refractivity contribution in [3.05, 3.63) is 71.8 Å². The Morgan fingerprint density at radius 1 is 0.806 bits per heavy atom. The van der Waals surface area contributed by atoms with Gasteiger partial charge in [-0.3, -0.25) is 4.99 Å². The summed E-state index contributed by atoms with van der Waals surface area (Å²) in [4.78, 5) is 30.8. The number of esters is 1. The lowest BCUT2D eigenvalue weighted by Gasteiger charge is -2.40. The standard InChI is InChI=1S/C30H40N2O4/c1-28(2,3)35-26(33)30(7,20-21-18-24(19-21)31-27(34)36-29(4,5)6)32-25(22-14-10-8-11-15-22)23-16-12-9-13-17-23/h8-17,21,24H,18-20H2,1-7H3,(H,31,34)/t21?,24?,30-/m0/s1. The van der Waals surface area contributed by atoms with E-state index >= 15 is 0 Å². The van der Waals surface area contributed by atoms with Gasteiger partial charge in [-0.15, -0.1) is 0 Å². The van der Waals surface area contributed by atoms with Gasteiger partial charge in [-0.05, 0) is 73.6 Å². The van der Waals surface area contributed by atoms with Gasteiger partial charge in [0.1, 0.15) is 11.2 Å². The van der Waals surface area contributed by atoms with Gasteiger partial charge in [-0.2, -0.15) is 0 Å². The first-order valence-corrected chi connectivity index (χ1v) is 12.7. The van der Waals surface area contributed by atoms with Gasteiger partial charge < -0.3 is 14.8 Å². The summed E-state index contributed by atoms with van der Waals surface area (Å²) in [6.07, 6.45) is 1.64. The Labute approximate surface area is 215 Å². The van der Waals surface area contributed by atoms with E-state index in [1.54, 1.807) is 0 Å². The molecule has 1 fully saturated rings. The number of benzene rings is 2. The van der Waals surface area contributed by atoms with E-state index < -0.39 is 22.8 Å². The second-order valence-electron chi connectivity index (χ2n) is 11.9. The SMILES string of the molecule is CC(C)(C)OC(=O)NC1CC(C[C@](C)(N=C(c2ccccc2)c2ccccc2)C(=O)OC(C)(C)C)C1. The van der Waals surface area contributed by atoms with Crippen molar-refractivity contribution >= 4 is 17.8 Å². The molecule has 0 unspecified atom stereocenters. The molecule has 0 aromatic heterocycles. The minimum absolute atomic E-state index is 0.0273. The van der Waals surface area contributed by atoms with Crippen LogP contribution < -0.4 is 5.32 Å². The van der Waals surface area contributed by atoms with Crippen molar-refractivity contribution in [2.24, 2.45) is 10.9 Å². The molecule has 1 N–H and O–H groups in total. The lowest BCUT2D eigenvalue weighted by Crippen LogP contribution is -2.49. The van der Waals surface area contributed by atoms with E-state index in [4.69, 9.17) is 14.5 Å². The summed E-state index contributed by atoms with van der Waals surface area (Å²) < 4.78 is 11.2. The monoisotopic (exact) mass is 492 g/mol. The maximum Gasteiger partial charge on any atom is 0.407 e. The average molecular weight is 493 g/mol. The van der Waals surface area contributed by atoms with Crippen LogP contribution in [0.15, 0.2) is 65.7 Å². The summed E-state index contributed by atoms with van der Waals surface area (Å²) in [7, 11) is 0. The van der Waals surface area contributed by atoms with Crippen LogP contribution in [0.5, 0.6) is 0 Å². The summed E-state index contributed by atoms with van der Waals surface area (Å²) in [5.74, 6) is -0.123. The third kappa shape index (κ3) is 7.94. The average Bonchev–Trinajstić information content (AvgIpc) is 2.75. The molecule has 2 aromatic rings. The number of hydrogen-bond donors (Lipinski definition) is 1. The van der Waals surface area contributed by atoms with E-state index in [-0.39, 0.29) is 17.9 Å². The Bertz CT molecular complexity index is 1020. The first kappa shape index (κ1) is 27.4. The quantitative estimate of drug-likeness (QED) is 0.363. The lowest BCUT2D eigenvalue weighted by molar-refractivity contribution is -0.162. The van der Waals surface area contributed by atoms with Crippen LogP contribution in [-0.2, 0) is 14.3 Å². The number of nitrogens with one attached hydrogen (secondary N) is 1. The van der Waals surface area contributed by atoms with Crippen molar-refractivity contribution in [2.45, 2.75) is 90.5 Å². The molecule has 1 atom stereocenters. The number of carbonyl (C=O) groups is 2. The smallest absolute Gasteiger partial charge is 0.407 e. The van der Waals surface area contributed by atoms with Crippen LogP contribution in [0.1, 0.15) is 78.9 Å². The molecule has 36 heavy (non-hydrogen) atoms. The lowest BCUT2D eigenvalue weighted by atomic mass is 9.73. The van der Waals surface area contributed by atoms with E-state index in [0.717, 1.165) is 29.7 Å². The summed E-state index contributed by atoms with van der Waals surface area (Å²) in [6, 6.07) is 19.9. The number of hydrogen-bond acceptors (Lipinski definition) is 5. The van der Waals surface area contributed by atoms with Crippen LogP contribution >= 0.6 is 0 Å². The Morgan fingerprint density at radius 3 is 1.72 bits per heavy atom. The number of amides is 1. The molecule has 6 nitrogen and oxygen atoms in total. The fraction of sp³-hybridized carbons (Fsp3) is 0.500. The fourth-order valence-corrected chi connectivity index (χ4v) is 4.35. The highest BCUT2D eigenvalue weighted by atomic mass is 16.6. The summed E-state index contributed by atoms with van der Waals surface area (Å²) >= 11 is 0. The van der Waals surface area contributed by atoms with E-state index in [9.17, 15) is 9.59 Å². The third-order valence-corrected chi connectivity index (χ3v) is 5.93. The van der Waals surface area contributed by atoms with Crippen LogP contribution in [0.3, 0.4) is 0 Å². The van der Waals surface area contributed by atoms with Crippen LogP contribution in [-0.4, -0.2) is 40.6 Å². The topological polar surface area (TPSA) is 77.0 Å². The number of carbonyl (C=O) groups excluding carboxylic acids is 2. The molecule has 1 aliphatic rings. The summed E-state index contributed by atoms with van der Waals surface area (Å²) in [5.41, 5.74) is 0.382. The van der Waals surface area contributed by atoms with Gasteiger partial charge in [0.05, 0.1) is 5.71 Å². The third-order valence-electron chi connectivity index (χ3n) is 5.93. The molecule has 0 aliphatic heterocycles. The van der Waals surface area contributed by atoms with E-state index in [1.807, 2.05) is 109 Å². The molecular formula is C30H40N2O4. The molecule has 1 saturated carbocycles. The maximum absolute atomic E-state index is 13.6. The van der Waals surface area contributed by atoms with E-state index in [1.165, 1.54) is 0 Å². The molecule has 2 aromatic carbocycles.